The van der Waals surface area contributed by atoms with Crippen molar-refractivity contribution in [1.82, 2.24) is 0 Å². The fourth-order valence-electron chi connectivity index (χ4n) is 6.38. The molecule has 0 spiro atoms. The van der Waals surface area contributed by atoms with E-state index in [4.69, 9.17) is 14.2 Å². The Morgan fingerprint density at radius 2 is 0.563 bits per heavy atom. The standard InChI is InChI=1S/C65H96O6/c1-4-7-10-13-16-19-22-25-28-31-32-35-38-41-44-47-50-53-56-59-65(68)71-62(60-69-63(66)57-54-51-48-45-42-39-36-33-29-26-23-20-17-14-11-8-5-2)61-70-64(67)58-55-52-49-46-43-40-37-34-30-27-24-21-18-15-12-9-6-3/h8-9,11-12,16-21,25-30,32,35-37,39-41,44-46,48-50,53,62H,4-7,10,13-15,22-24,31,33-34,38,42-43,47,51-52,54-61H2,1-3H3/b11-8-,12-9-,19-16-,20-17-,21-18-,28-25-,29-26-,30-27-,35-32-,39-36-,40-37-,44-41-,48-45-,49-46-,53-50-. The zero-order chi connectivity index (χ0) is 51.4. The van der Waals surface area contributed by atoms with Gasteiger partial charge in [-0.2, -0.15) is 0 Å². The van der Waals surface area contributed by atoms with Gasteiger partial charge in [0.25, 0.3) is 0 Å². The van der Waals surface area contributed by atoms with Crippen molar-refractivity contribution in [2.45, 2.75) is 194 Å². The van der Waals surface area contributed by atoms with E-state index in [9.17, 15) is 14.4 Å². The van der Waals surface area contributed by atoms with E-state index in [-0.39, 0.29) is 44.4 Å². The van der Waals surface area contributed by atoms with E-state index < -0.39 is 12.1 Å². The Kier molecular flexibility index (Phi) is 52.7. The first-order valence-electron chi connectivity index (χ1n) is 27.3. The number of allylic oxidation sites excluding steroid dienone is 30. The molecule has 6 nitrogen and oxygen atoms in total. The Bertz CT molecular complexity index is 1650. The third kappa shape index (κ3) is 55.3. The van der Waals surface area contributed by atoms with Crippen LogP contribution in [0.3, 0.4) is 0 Å². The Labute approximate surface area is 434 Å². The topological polar surface area (TPSA) is 78.9 Å². The molecule has 0 rings (SSSR count). The molecule has 0 radical (unpaired) electrons. The highest BCUT2D eigenvalue weighted by atomic mass is 16.6. The van der Waals surface area contributed by atoms with Gasteiger partial charge in [0.15, 0.2) is 6.10 Å². The highest BCUT2D eigenvalue weighted by Crippen LogP contribution is 2.08. The van der Waals surface area contributed by atoms with Crippen LogP contribution in [0.5, 0.6) is 0 Å². The van der Waals surface area contributed by atoms with Crippen LogP contribution in [0.25, 0.3) is 0 Å². The molecule has 0 saturated heterocycles. The van der Waals surface area contributed by atoms with Gasteiger partial charge in [0, 0.05) is 19.3 Å². The van der Waals surface area contributed by atoms with Crippen LogP contribution in [-0.2, 0) is 28.6 Å². The van der Waals surface area contributed by atoms with Gasteiger partial charge in [-0.15, -0.1) is 0 Å². The molecule has 0 aromatic rings. The molecule has 71 heavy (non-hydrogen) atoms. The maximum Gasteiger partial charge on any atom is 0.306 e. The van der Waals surface area contributed by atoms with Gasteiger partial charge in [0.2, 0.25) is 0 Å². The van der Waals surface area contributed by atoms with Gasteiger partial charge in [0.05, 0.1) is 0 Å². The lowest BCUT2D eigenvalue weighted by atomic mass is 10.2. The summed E-state index contributed by atoms with van der Waals surface area (Å²) in [6.45, 7) is 6.19. The highest BCUT2D eigenvalue weighted by molar-refractivity contribution is 5.71. The van der Waals surface area contributed by atoms with Gasteiger partial charge in [-0.05, 0) is 135 Å². The Hall–Kier alpha value is -5.49. The normalized spacial score (nSPS) is 13.2. The van der Waals surface area contributed by atoms with E-state index in [0.717, 1.165) is 103 Å². The van der Waals surface area contributed by atoms with Crippen LogP contribution in [-0.4, -0.2) is 37.2 Å². The second kappa shape index (κ2) is 57.1. The quantitative estimate of drug-likeness (QED) is 0.0262. The van der Waals surface area contributed by atoms with Crippen molar-refractivity contribution in [2.75, 3.05) is 13.2 Å². The number of carbonyl (C=O) groups excluding carboxylic acids is 3. The first kappa shape index (κ1) is 65.5. The van der Waals surface area contributed by atoms with Crippen molar-refractivity contribution in [3.63, 3.8) is 0 Å². The summed E-state index contributed by atoms with van der Waals surface area (Å²) < 4.78 is 16.6. The maximum atomic E-state index is 12.8. The molecular formula is C65H96O6. The van der Waals surface area contributed by atoms with Crippen LogP contribution in [0.15, 0.2) is 182 Å². The number of esters is 3. The molecule has 0 aliphatic carbocycles. The summed E-state index contributed by atoms with van der Waals surface area (Å²) in [6, 6.07) is 0. The number of ether oxygens (including phenoxy) is 3. The summed E-state index contributed by atoms with van der Waals surface area (Å²) in [5, 5.41) is 0. The van der Waals surface area contributed by atoms with Gasteiger partial charge in [-0.1, -0.05) is 216 Å². The van der Waals surface area contributed by atoms with Crippen molar-refractivity contribution >= 4 is 17.9 Å². The van der Waals surface area contributed by atoms with Crippen molar-refractivity contribution in [2.24, 2.45) is 0 Å². The second-order valence-electron chi connectivity index (χ2n) is 17.0. The average Bonchev–Trinajstić information content (AvgIpc) is 3.37. The molecule has 0 aliphatic heterocycles. The van der Waals surface area contributed by atoms with Gasteiger partial charge < -0.3 is 14.2 Å². The summed E-state index contributed by atoms with van der Waals surface area (Å²) >= 11 is 0. The molecule has 0 bridgehead atoms. The first-order valence-corrected chi connectivity index (χ1v) is 27.3. The molecule has 0 amide bonds. The van der Waals surface area contributed by atoms with Gasteiger partial charge >= 0.3 is 17.9 Å². The number of unbranched alkanes of at least 4 members (excludes halogenated alkanes) is 5. The molecule has 0 saturated carbocycles. The van der Waals surface area contributed by atoms with Crippen molar-refractivity contribution in [1.29, 1.82) is 0 Å². The van der Waals surface area contributed by atoms with E-state index in [1.165, 1.54) is 25.7 Å². The summed E-state index contributed by atoms with van der Waals surface area (Å²) in [7, 11) is 0. The Morgan fingerprint density at radius 1 is 0.296 bits per heavy atom. The van der Waals surface area contributed by atoms with Crippen LogP contribution in [0, 0.1) is 0 Å². The lowest BCUT2D eigenvalue weighted by molar-refractivity contribution is -0.166. The van der Waals surface area contributed by atoms with Crippen molar-refractivity contribution < 1.29 is 28.6 Å². The van der Waals surface area contributed by atoms with E-state index >= 15 is 0 Å². The molecule has 0 aliphatic rings. The summed E-state index contributed by atoms with van der Waals surface area (Å²) in [4.78, 5) is 38.0. The molecular weight excluding hydrogens is 877 g/mol. The predicted molar refractivity (Wildman–Crippen MR) is 306 cm³/mol. The fraction of sp³-hybridized carbons (Fsp3) is 0.492. The SMILES string of the molecule is CC/C=C\C/C=C\C/C=C\C/C=C\C/C=C\CCCC(=O)OCC(COC(=O)CCC/C=C\C/C=C\C/C=C\C/C=C\C/C=C\CC)OC(=O)CC/C=C\C/C=C\C/C=C\C/C=C\C/C=C\CCCCC. The van der Waals surface area contributed by atoms with E-state index in [2.05, 4.69) is 191 Å². The summed E-state index contributed by atoms with van der Waals surface area (Å²) in [6.07, 6.45) is 86.1. The van der Waals surface area contributed by atoms with Gasteiger partial charge in [-0.25, -0.2) is 0 Å². The van der Waals surface area contributed by atoms with Crippen LogP contribution >= 0.6 is 0 Å². The van der Waals surface area contributed by atoms with Crippen LogP contribution < -0.4 is 0 Å². The summed E-state index contributed by atoms with van der Waals surface area (Å²) in [5.41, 5.74) is 0. The lowest BCUT2D eigenvalue weighted by Gasteiger charge is -2.18. The monoisotopic (exact) mass is 973 g/mol. The molecule has 392 valence electrons. The molecule has 0 fully saturated rings. The smallest absolute Gasteiger partial charge is 0.306 e. The Morgan fingerprint density at radius 3 is 0.859 bits per heavy atom. The number of carbonyl (C=O) groups is 3. The van der Waals surface area contributed by atoms with E-state index in [0.29, 0.717) is 19.3 Å². The number of hydrogen-bond acceptors (Lipinski definition) is 6. The molecule has 0 unspecified atom stereocenters. The maximum absolute atomic E-state index is 12.8. The molecule has 0 aromatic heterocycles. The second-order valence-corrected chi connectivity index (χ2v) is 17.0. The van der Waals surface area contributed by atoms with Crippen LogP contribution in [0.4, 0.5) is 0 Å². The minimum atomic E-state index is -0.875. The minimum Gasteiger partial charge on any atom is -0.462 e. The average molecular weight is 973 g/mol. The molecule has 6 heteroatoms. The molecule has 0 aromatic carbocycles. The molecule has 0 atom stereocenters. The zero-order valence-electron chi connectivity index (χ0n) is 44.6. The van der Waals surface area contributed by atoms with Crippen molar-refractivity contribution in [3.05, 3.63) is 182 Å². The Balaban J connectivity index is 4.73. The zero-order valence-corrected chi connectivity index (χ0v) is 44.6. The van der Waals surface area contributed by atoms with Gasteiger partial charge in [-0.3, -0.25) is 14.4 Å². The third-order valence-corrected chi connectivity index (χ3v) is 10.4. The lowest BCUT2D eigenvalue weighted by Crippen LogP contribution is -2.30. The van der Waals surface area contributed by atoms with Crippen LogP contribution in [0.2, 0.25) is 0 Å². The van der Waals surface area contributed by atoms with E-state index in [1.54, 1.807) is 0 Å². The van der Waals surface area contributed by atoms with Crippen molar-refractivity contribution in [3.8, 4) is 0 Å². The number of rotatable bonds is 46. The third-order valence-electron chi connectivity index (χ3n) is 10.4. The molecule has 0 N–H and O–H groups in total. The van der Waals surface area contributed by atoms with E-state index in [1.807, 2.05) is 12.2 Å². The minimum absolute atomic E-state index is 0.165. The largest absolute Gasteiger partial charge is 0.462 e. The van der Waals surface area contributed by atoms with Gasteiger partial charge in [0.1, 0.15) is 13.2 Å². The fourth-order valence-corrected chi connectivity index (χ4v) is 6.38. The molecule has 0 heterocycles. The first-order chi connectivity index (χ1) is 35.0. The van der Waals surface area contributed by atoms with Crippen LogP contribution in [0.1, 0.15) is 188 Å². The number of hydrogen-bond donors (Lipinski definition) is 0. The highest BCUT2D eigenvalue weighted by Gasteiger charge is 2.19. The summed E-state index contributed by atoms with van der Waals surface area (Å²) in [5.74, 6) is -1.18. The predicted octanol–water partition coefficient (Wildman–Crippen LogP) is 18.5.